The van der Waals surface area contributed by atoms with Crippen molar-refractivity contribution in [2.24, 2.45) is 5.92 Å². The van der Waals surface area contributed by atoms with Crippen LogP contribution in [0.5, 0.6) is 0 Å². The van der Waals surface area contributed by atoms with E-state index in [0.717, 1.165) is 29.1 Å². The van der Waals surface area contributed by atoms with Gasteiger partial charge in [0.15, 0.2) is 0 Å². The van der Waals surface area contributed by atoms with Crippen molar-refractivity contribution in [3.63, 3.8) is 0 Å². The number of fused-ring (bicyclic) bond motifs is 1. The van der Waals surface area contributed by atoms with Gasteiger partial charge in [-0.2, -0.15) is 13.2 Å². The Kier molecular flexibility index (Phi) is 4.43. The standard InChI is InChI=1S/C19H13BrClF3N2/c20-15-9-25-17(8-14(15)19(22,23)24)13-7-11(13)6-12-5-4-10-2-1-3-16(21)18(10)26-12/h1-5,8-9,11,13H,6-7H2/t11-,13?/m0/s1. The lowest BCUT2D eigenvalue weighted by atomic mass is 10.1. The molecule has 1 saturated carbocycles. The lowest BCUT2D eigenvalue weighted by Gasteiger charge is -2.10. The number of hydrogen-bond acceptors (Lipinski definition) is 2. The number of aromatic nitrogens is 2. The molecule has 2 aromatic heterocycles. The van der Waals surface area contributed by atoms with Gasteiger partial charge in [0.05, 0.1) is 16.1 Å². The maximum Gasteiger partial charge on any atom is 0.417 e. The van der Waals surface area contributed by atoms with Crippen molar-refractivity contribution >= 4 is 38.4 Å². The summed E-state index contributed by atoms with van der Waals surface area (Å²) in [5.74, 6) is 0.283. The second-order valence-electron chi connectivity index (χ2n) is 6.51. The maximum absolute atomic E-state index is 13.1. The highest BCUT2D eigenvalue weighted by Gasteiger charge is 2.41. The number of nitrogens with zero attached hydrogens (tertiary/aromatic N) is 2. The molecule has 1 aliphatic rings. The Morgan fingerprint density at radius 3 is 2.77 bits per heavy atom. The highest BCUT2D eigenvalue weighted by molar-refractivity contribution is 9.10. The maximum atomic E-state index is 13.1. The number of para-hydroxylation sites is 1. The third-order valence-corrected chi connectivity index (χ3v) is 5.62. The molecule has 2 heterocycles. The number of hydrogen-bond donors (Lipinski definition) is 0. The molecule has 0 aliphatic heterocycles. The minimum absolute atomic E-state index is 0.0308. The molecular weight excluding hydrogens is 429 g/mol. The summed E-state index contributed by atoms with van der Waals surface area (Å²) in [6.45, 7) is 0. The van der Waals surface area contributed by atoms with Crippen LogP contribution in [0.3, 0.4) is 0 Å². The largest absolute Gasteiger partial charge is 0.417 e. The Bertz CT molecular complexity index is 990. The van der Waals surface area contributed by atoms with Crippen LogP contribution in [0, 0.1) is 5.92 Å². The van der Waals surface area contributed by atoms with E-state index in [2.05, 4.69) is 25.9 Å². The Balaban J connectivity index is 1.54. The zero-order valence-corrected chi connectivity index (χ0v) is 15.7. The summed E-state index contributed by atoms with van der Waals surface area (Å²) >= 11 is 9.13. The SMILES string of the molecule is FC(F)(F)c1cc(C2C[C@@H]2Cc2ccc3cccc(Cl)c3n2)ncc1Br. The Morgan fingerprint density at radius 1 is 1.19 bits per heavy atom. The molecule has 0 saturated heterocycles. The first kappa shape index (κ1) is 17.7. The van der Waals surface area contributed by atoms with E-state index in [4.69, 9.17) is 11.6 Å². The van der Waals surface area contributed by atoms with Crippen LogP contribution in [0.2, 0.25) is 5.02 Å². The van der Waals surface area contributed by atoms with Gasteiger partial charge in [-0.1, -0.05) is 29.8 Å². The van der Waals surface area contributed by atoms with Crippen LogP contribution in [0.15, 0.2) is 47.1 Å². The lowest BCUT2D eigenvalue weighted by Crippen LogP contribution is -2.08. The van der Waals surface area contributed by atoms with Crippen LogP contribution < -0.4 is 0 Å². The summed E-state index contributed by atoms with van der Waals surface area (Å²) < 4.78 is 39.2. The second-order valence-corrected chi connectivity index (χ2v) is 7.77. The zero-order chi connectivity index (χ0) is 18.5. The van der Waals surface area contributed by atoms with Crippen molar-refractivity contribution in [3.05, 3.63) is 69.0 Å². The topological polar surface area (TPSA) is 25.8 Å². The predicted octanol–water partition coefficient (Wildman–Crippen LogP) is 6.41. The van der Waals surface area contributed by atoms with Gasteiger partial charge in [0.2, 0.25) is 0 Å². The molecule has 4 rings (SSSR count). The van der Waals surface area contributed by atoms with Crippen LogP contribution in [-0.4, -0.2) is 9.97 Å². The summed E-state index contributed by atoms with van der Waals surface area (Å²) in [6, 6.07) is 10.7. The lowest BCUT2D eigenvalue weighted by molar-refractivity contribution is -0.138. The van der Waals surface area contributed by atoms with Crippen molar-refractivity contribution in [3.8, 4) is 0 Å². The van der Waals surface area contributed by atoms with Gasteiger partial charge in [0.1, 0.15) is 0 Å². The van der Waals surface area contributed by atoms with E-state index in [0.29, 0.717) is 17.1 Å². The summed E-state index contributed by atoms with van der Waals surface area (Å²) in [6.07, 6.45) is -1.64. The molecule has 7 heteroatoms. The summed E-state index contributed by atoms with van der Waals surface area (Å²) in [5, 5.41) is 1.57. The van der Waals surface area contributed by atoms with Gasteiger partial charge in [-0.05, 0) is 52.9 Å². The van der Waals surface area contributed by atoms with E-state index in [9.17, 15) is 13.2 Å². The first-order valence-electron chi connectivity index (χ1n) is 8.09. The molecule has 1 aliphatic carbocycles. The Morgan fingerprint density at radius 2 is 2.00 bits per heavy atom. The van der Waals surface area contributed by atoms with E-state index < -0.39 is 11.7 Å². The minimum Gasteiger partial charge on any atom is -0.260 e. The highest BCUT2D eigenvalue weighted by atomic mass is 79.9. The summed E-state index contributed by atoms with van der Waals surface area (Å²) in [4.78, 5) is 8.80. The van der Waals surface area contributed by atoms with Gasteiger partial charge < -0.3 is 0 Å². The zero-order valence-electron chi connectivity index (χ0n) is 13.4. The molecule has 0 bridgehead atoms. The molecule has 0 spiro atoms. The number of alkyl halides is 3. The second kappa shape index (κ2) is 6.50. The molecule has 26 heavy (non-hydrogen) atoms. The van der Waals surface area contributed by atoms with Crippen LogP contribution >= 0.6 is 27.5 Å². The average Bonchev–Trinajstić information content (AvgIpc) is 3.34. The number of rotatable bonds is 3. The third kappa shape index (κ3) is 3.45. The number of halogens is 5. The summed E-state index contributed by atoms with van der Waals surface area (Å²) in [7, 11) is 0. The van der Waals surface area contributed by atoms with Crippen LogP contribution in [0.1, 0.15) is 29.3 Å². The van der Waals surface area contributed by atoms with Gasteiger partial charge in [-0.3, -0.25) is 9.97 Å². The minimum atomic E-state index is -4.39. The van der Waals surface area contributed by atoms with Gasteiger partial charge >= 0.3 is 6.18 Å². The molecule has 1 aromatic carbocycles. The fourth-order valence-electron chi connectivity index (χ4n) is 3.24. The van der Waals surface area contributed by atoms with E-state index in [1.165, 1.54) is 6.20 Å². The number of pyridine rings is 2. The molecule has 2 nitrogen and oxygen atoms in total. The fraction of sp³-hybridized carbons (Fsp3) is 0.263. The van der Waals surface area contributed by atoms with Crippen LogP contribution in [0.25, 0.3) is 10.9 Å². The van der Waals surface area contributed by atoms with Crippen molar-refractivity contribution < 1.29 is 13.2 Å². The molecule has 3 aromatic rings. The first-order valence-corrected chi connectivity index (χ1v) is 9.27. The van der Waals surface area contributed by atoms with Crippen LogP contribution in [-0.2, 0) is 12.6 Å². The highest BCUT2D eigenvalue weighted by Crippen LogP contribution is 2.49. The first-order chi connectivity index (χ1) is 12.3. The molecular formula is C19H13BrClF3N2. The molecule has 1 unspecified atom stereocenters. The number of benzene rings is 1. The molecule has 1 fully saturated rings. The van der Waals surface area contributed by atoms with Gasteiger partial charge in [-0.25, -0.2) is 0 Å². The van der Waals surface area contributed by atoms with Crippen molar-refractivity contribution in [2.45, 2.75) is 24.9 Å². The van der Waals surface area contributed by atoms with Gasteiger partial charge in [-0.15, -0.1) is 0 Å². The van der Waals surface area contributed by atoms with Crippen molar-refractivity contribution in [2.75, 3.05) is 0 Å². The molecule has 134 valence electrons. The molecule has 2 atom stereocenters. The van der Waals surface area contributed by atoms with E-state index in [-0.39, 0.29) is 16.3 Å². The third-order valence-electron chi connectivity index (χ3n) is 4.68. The van der Waals surface area contributed by atoms with Gasteiger partial charge in [0, 0.05) is 33.4 Å². The molecule has 0 N–H and O–H groups in total. The average molecular weight is 442 g/mol. The van der Waals surface area contributed by atoms with Gasteiger partial charge in [0.25, 0.3) is 0 Å². The normalized spacial score (nSPS) is 19.7. The van der Waals surface area contributed by atoms with Crippen molar-refractivity contribution in [1.82, 2.24) is 9.97 Å². The van der Waals surface area contributed by atoms with Crippen LogP contribution in [0.4, 0.5) is 13.2 Å². The summed E-state index contributed by atoms with van der Waals surface area (Å²) in [5.41, 5.74) is 1.46. The Labute approximate surface area is 161 Å². The molecule has 0 radical (unpaired) electrons. The van der Waals surface area contributed by atoms with Crippen molar-refractivity contribution in [1.29, 1.82) is 0 Å². The fourth-order valence-corrected chi connectivity index (χ4v) is 3.91. The smallest absolute Gasteiger partial charge is 0.260 e. The van der Waals surface area contributed by atoms with E-state index >= 15 is 0 Å². The van der Waals surface area contributed by atoms with E-state index in [1.54, 1.807) is 6.07 Å². The quantitative estimate of drug-likeness (QED) is 0.469. The molecule has 0 amide bonds. The monoisotopic (exact) mass is 440 g/mol. The predicted molar refractivity (Wildman–Crippen MR) is 98.2 cm³/mol. The Hall–Kier alpha value is -1.66. The van der Waals surface area contributed by atoms with E-state index in [1.807, 2.05) is 24.3 Å².